The molecule has 0 aliphatic heterocycles. The minimum absolute atomic E-state index is 0.688. The Morgan fingerprint density at radius 3 is 2.71 bits per heavy atom. The predicted molar refractivity (Wildman–Crippen MR) is 86.8 cm³/mol. The van der Waals surface area contributed by atoms with Crippen LogP contribution >= 0.6 is 0 Å². The van der Waals surface area contributed by atoms with E-state index in [1.165, 1.54) is 0 Å². The average molecular weight is 278 g/mol. The van der Waals surface area contributed by atoms with Gasteiger partial charge in [-0.1, -0.05) is 24.3 Å². The van der Waals surface area contributed by atoms with Crippen LogP contribution in [0, 0.1) is 0 Å². The number of rotatable bonds is 6. The zero-order chi connectivity index (χ0) is 14.3. The number of ether oxygens (including phenoxy) is 1. The van der Waals surface area contributed by atoms with Gasteiger partial charge < -0.3 is 10.1 Å². The number of nitrogens with one attached hydrogen (secondary N) is 1. The Balaban J connectivity index is 1.51. The summed E-state index contributed by atoms with van der Waals surface area (Å²) in [5.74, 6) is 0.903. The lowest BCUT2D eigenvalue weighted by Gasteiger charge is -2.10. The molecule has 1 N–H and O–H groups in total. The van der Waals surface area contributed by atoms with E-state index < -0.39 is 0 Å². The van der Waals surface area contributed by atoms with Crippen molar-refractivity contribution >= 4 is 16.6 Å². The summed E-state index contributed by atoms with van der Waals surface area (Å²) in [4.78, 5) is 4.33. The van der Waals surface area contributed by atoms with Gasteiger partial charge in [-0.05, 0) is 42.8 Å². The third-order valence-corrected chi connectivity index (χ3v) is 3.29. The van der Waals surface area contributed by atoms with E-state index in [4.69, 9.17) is 4.74 Å². The number of nitrogens with zero attached hydrogens (tertiary/aromatic N) is 1. The van der Waals surface area contributed by atoms with E-state index in [9.17, 15) is 0 Å². The zero-order valence-corrected chi connectivity index (χ0v) is 11.8. The van der Waals surface area contributed by atoms with E-state index in [0.29, 0.717) is 6.61 Å². The number of pyridine rings is 1. The second-order valence-electron chi connectivity index (χ2n) is 4.82. The highest BCUT2D eigenvalue weighted by molar-refractivity contribution is 5.84. The monoisotopic (exact) mass is 278 g/mol. The molecule has 0 radical (unpaired) electrons. The van der Waals surface area contributed by atoms with Crippen LogP contribution in [0.5, 0.6) is 5.75 Å². The fourth-order valence-electron chi connectivity index (χ4n) is 2.24. The van der Waals surface area contributed by atoms with E-state index in [2.05, 4.69) is 22.4 Å². The van der Waals surface area contributed by atoms with Crippen molar-refractivity contribution in [2.24, 2.45) is 0 Å². The lowest BCUT2D eigenvalue weighted by Crippen LogP contribution is -2.07. The van der Waals surface area contributed by atoms with Crippen molar-refractivity contribution in [2.45, 2.75) is 6.42 Å². The summed E-state index contributed by atoms with van der Waals surface area (Å²) >= 11 is 0. The molecule has 0 bridgehead atoms. The Kier molecular flexibility index (Phi) is 4.32. The summed E-state index contributed by atoms with van der Waals surface area (Å²) in [7, 11) is 0. The summed E-state index contributed by atoms with van der Waals surface area (Å²) in [6, 6.07) is 20.2. The number of para-hydroxylation sites is 1. The van der Waals surface area contributed by atoms with Crippen LogP contribution in [0.2, 0.25) is 0 Å². The molecule has 0 unspecified atom stereocenters. The van der Waals surface area contributed by atoms with Gasteiger partial charge in [0.2, 0.25) is 0 Å². The van der Waals surface area contributed by atoms with Crippen LogP contribution in [0.4, 0.5) is 5.69 Å². The molecule has 0 aliphatic rings. The van der Waals surface area contributed by atoms with Crippen molar-refractivity contribution in [1.29, 1.82) is 0 Å². The maximum Gasteiger partial charge on any atom is 0.128 e. The standard InChI is InChI=1S/C18H18N2O/c1-2-7-15(8-3-1)19-13-6-14-21-18-11-4-10-17-16(18)9-5-12-20-17/h1-5,7-12,19H,6,13-14H2. The van der Waals surface area contributed by atoms with Gasteiger partial charge in [-0.15, -0.1) is 0 Å². The molecular weight excluding hydrogens is 260 g/mol. The predicted octanol–water partition coefficient (Wildman–Crippen LogP) is 4.12. The van der Waals surface area contributed by atoms with Gasteiger partial charge in [0.15, 0.2) is 0 Å². The van der Waals surface area contributed by atoms with Gasteiger partial charge in [-0.2, -0.15) is 0 Å². The van der Waals surface area contributed by atoms with Crippen molar-refractivity contribution in [3.8, 4) is 5.75 Å². The molecule has 0 spiro atoms. The Bertz CT molecular complexity index is 692. The number of fused-ring (bicyclic) bond motifs is 1. The highest BCUT2D eigenvalue weighted by Gasteiger charge is 2.01. The van der Waals surface area contributed by atoms with Crippen LogP contribution in [0.1, 0.15) is 6.42 Å². The van der Waals surface area contributed by atoms with Gasteiger partial charge in [-0.3, -0.25) is 4.98 Å². The molecule has 3 rings (SSSR count). The number of hydrogen-bond acceptors (Lipinski definition) is 3. The quantitative estimate of drug-likeness (QED) is 0.689. The Hall–Kier alpha value is -2.55. The van der Waals surface area contributed by atoms with Crippen LogP contribution < -0.4 is 10.1 Å². The molecule has 0 fully saturated rings. The fourth-order valence-corrected chi connectivity index (χ4v) is 2.24. The summed E-state index contributed by atoms with van der Waals surface area (Å²) in [5, 5.41) is 4.44. The molecular formula is C18H18N2O. The van der Waals surface area contributed by atoms with Crippen LogP contribution in [0.3, 0.4) is 0 Å². The minimum Gasteiger partial charge on any atom is -0.493 e. The summed E-state index contributed by atoms with van der Waals surface area (Å²) in [6.45, 7) is 1.58. The fraction of sp³-hybridized carbons (Fsp3) is 0.167. The van der Waals surface area contributed by atoms with Crippen molar-refractivity contribution in [3.63, 3.8) is 0 Å². The van der Waals surface area contributed by atoms with E-state index >= 15 is 0 Å². The lowest BCUT2D eigenvalue weighted by molar-refractivity contribution is 0.318. The van der Waals surface area contributed by atoms with Gasteiger partial charge in [0.25, 0.3) is 0 Å². The van der Waals surface area contributed by atoms with E-state index in [1.54, 1.807) is 6.20 Å². The minimum atomic E-state index is 0.688. The molecule has 2 aromatic carbocycles. The van der Waals surface area contributed by atoms with Crippen LogP contribution in [-0.4, -0.2) is 18.1 Å². The van der Waals surface area contributed by atoms with Gasteiger partial charge in [0.1, 0.15) is 5.75 Å². The molecule has 0 saturated carbocycles. The first-order valence-corrected chi connectivity index (χ1v) is 7.19. The normalized spacial score (nSPS) is 10.5. The smallest absolute Gasteiger partial charge is 0.128 e. The first-order chi connectivity index (χ1) is 10.4. The van der Waals surface area contributed by atoms with E-state index in [1.807, 2.05) is 48.5 Å². The van der Waals surface area contributed by atoms with Gasteiger partial charge >= 0.3 is 0 Å². The van der Waals surface area contributed by atoms with E-state index in [0.717, 1.165) is 35.3 Å². The first kappa shape index (κ1) is 13.4. The molecule has 0 saturated heterocycles. The molecule has 1 heterocycles. The summed E-state index contributed by atoms with van der Waals surface area (Å²) in [5.41, 5.74) is 2.12. The average Bonchev–Trinajstić information content (AvgIpc) is 2.56. The molecule has 3 heteroatoms. The molecule has 0 aliphatic carbocycles. The summed E-state index contributed by atoms with van der Waals surface area (Å²) in [6.07, 6.45) is 2.75. The Morgan fingerprint density at radius 1 is 0.905 bits per heavy atom. The van der Waals surface area contributed by atoms with Crippen molar-refractivity contribution in [3.05, 3.63) is 66.9 Å². The van der Waals surface area contributed by atoms with Crippen molar-refractivity contribution in [1.82, 2.24) is 4.98 Å². The van der Waals surface area contributed by atoms with Gasteiger partial charge in [-0.25, -0.2) is 0 Å². The maximum absolute atomic E-state index is 5.88. The Morgan fingerprint density at radius 2 is 1.81 bits per heavy atom. The topological polar surface area (TPSA) is 34.1 Å². The highest BCUT2D eigenvalue weighted by Crippen LogP contribution is 2.23. The molecule has 1 aromatic heterocycles. The highest BCUT2D eigenvalue weighted by atomic mass is 16.5. The number of benzene rings is 2. The zero-order valence-electron chi connectivity index (χ0n) is 11.8. The molecule has 0 atom stereocenters. The molecule has 3 nitrogen and oxygen atoms in total. The SMILES string of the molecule is c1ccc(NCCCOc2cccc3ncccc23)cc1. The number of anilines is 1. The van der Waals surface area contributed by atoms with Gasteiger partial charge in [0.05, 0.1) is 12.1 Å². The van der Waals surface area contributed by atoms with Crippen LogP contribution in [0.15, 0.2) is 66.9 Å². The second kappa shape index (κ2) is 6.75. The molecule has 0 amide bonds. The van der Waals surface area contributed by atoms with Gasteiger partial charge in [0, 0.05) is 23.8 Å². The van der Waals surface area contributed by atoms with E-state index in [-0.39, 0.29) is 0 Å². The third kappa shape index (κ3) is 3.51. The number of aromatic nitrogens is 1. The largest absolute Gasteiger partial charge is 0.493 e. The van der Waals surface area contributed by atoms with Crippen molar-refractivity contribution in [2.75, 3.05) is 18.5 Å². The Labute approximate surface area is 124 Å². The van der Waals surface area contributed by atoms with Crippen LogP contribution in [-0.2, 0) is 0 Å². The number of hydrogen-bond donors (Lipinski definition) is 1. The lowest BCUT2D eigenvalue weighted by atomic mass is 10.2. The van der Waals surface area contributed by atoms with Crippen molar-refractivity contribution < 1.29 is 4.74 Å². The maximum atomic E-state index is 5.88. The summed E-state index contributed by atoms with van der Waals surface area (Å²) < 4.78 is 5.88. The molecule has 21 heavy (non-hydrogen) atoms. The second-order valence-corrected chi connectivity index (χ2v) is 4.82. The third-order valence-electron chi connectivity index (χ3n) is 3.29. The molecule has 3 aromatic rings. The molecule has 106 valence electrons. The first-order valence-electron chi connectivity index (χ1n) is 7.19. The van der Waals surface area contributed by atoms with Crippen LogP contribution in [0.25, 0.3) is 10.9 Å².